The monoisotopic (exact) mass is 304 g/mol. The van der Waals surface area contributed by atoms with E-state index in [-0.39, 0.29) is 18.5 Å². The van der Waals surface area contributed by atoms with Gasteiger partial charge in [-0.3, -0.25) is 0 Å². The molecular weight excluding hydrogens is 289 g/mol. The number of alkyl halides is 3. The highest BCUT2D eigenvalue weighted by Gasteiger charge is 2.35. The lowest BCUT2D eigenvalue weighted by atomic mass is 10.1. The molecule has 0 bridgehead atoms. The molecular formula is C14H15F3O4. The summed E-state index contributed by atoms with van der Waals surface area (Å²) in [6.07, 6.45) is -1.98. The number of ether oxygens (including phenoxy) is 2. The van der Waals surface area contributed by atoms with Gasteiger partial charge in [0.15, 0.2) is 0 Å². The summed E-state index contributed by atoms with van der Waals surface area (Å²) >= 11 is 0. The molecule has 1 atom stereocenters. The maximum absolute atomic E-state index is 12.7. The molecule has 7 heteroatoms. The number of carboxylic acid groups (broad SMARTS) is 1. The van der Waals surface area contributed by atoms with Crippen molar-refractivity contribution < 1.29 is 32.5 Å². The molecule has 0 saturated carbocycles. The summed E-state index contributed by atoms with van der Waals surface area (Å²) in [4.78, 5) is 10.9. The van der Waals surface area contributed by atoms with Gasteiger partial charge in [0.25, 0.3) is 0 Å². The molecule has 0 amide bonds. The van der Waals surface area contributed by atoms with Crippen LogP contribution in [-0.4, -0.2) is 30.4 Å². The molecule has 1 saturated heterocycles. The van der Waals surface area contributed by atoms with Crippen molar-refractivity contribution in [2.24, 2.45) is 0 Å². The third-order valence-corrected chi connectivity index (χ3v) is 3.24. The van der Waals surface area contributed by atoms with Crippen LogP contribution >= 0.6 is 0 Å². The molecule has 1 unspecified atom stereocenters. The lowest BCUT2D eigenvalue weighted by molar-refractivity contribution is -0.138. The molecule has 0 radical (unpaired) electrons. The van der Waals surface area contributed by atoms with Crippen molar-refractivity contribution in [2.45, 2.75) is 31.5 Å². The first kappa shape index (κ1) is 15.6. The first-order valence-corrected chi connectivity index (χ1v) is 6.57. The zero-order chi connectivity index (χ0) is 15.5. The number of aromatic carboxylic acids is 1. The number of hydrogen-bond acceptors (Lipinski definition) is 3. The quantitative estimate of drug-likeness (QED) is 0.927. The van der Waals surface area contributed by atoms with Gasteiger partial charge in [-0.2, -0.15) is 13.2 Å². The Morgan fingerprint density at radius 3 is 2.71 bits per heavy atom. The molecule has 1 aromatic rings. The Morgan fingerprint density at radius 1 is 1.38 bits per heavy atom. The second-order valence-electron chi connectivity index (χ2n) is 4.81. The molecule has 2 rings (SSSR count). The van der Waals surface area contributed by atoms with E-state index in [0.717, 1.165) is 37.5 Å². The first-order chi connectivity index (χ1) is 9.88. The number of carboxylic acids is 1. The van der Waals surface area contributed by atoms with Gasteiger partial charge in [0.2, 0.25) is 0 Å². The van der Waals surface area contributed by atoms with Crippen LogP contribution in [0.25, 0.3) is 0 Å². The van der Waals surface area contributed by atoms with Crippen molar-refractivity contribution in [3.63, 3.8) is 0 Å². The Hall–Kier alpha value is -1.76. The van der Waals surface area contributed by atoms with E-state index in [4.69, 9.17) is 14.6 Å². The summed E-state index contributed by atoms with van der Waals surface area (Å²) in [5, 5.41) is 8.89. The molecule has 0 aliphatic carbocycles. The van der Waals surface area contributed by atoms with Crippen molar-refractivity contribution in [1.29, 1.82) is 0 Å². The van der Waals surface area contributed by atoms with Crippen LogP contribution in [0.2, 0.25) is 0 Å². The van der Waals surface area contributed by atoms with Crippen LogP contribution in [-0.2, 0) is 10.9 Å². The Bertz CT molecular complexity index is 507. The van der Waals surface area contributed by atoms with E-state index in [0.29, 0.717) is 6.61 Å². The maximum atomic E-state index is 12.7. The second kappa shape index (κ2) is 6.34. The average Bonchev–Trinajstić information content (AvgIpc) is 2.45. The molecule has 1 heterocycles. The van der Waals surface area contributed by atoms with E-state index in [2.05, 4.69) is 0 Å². The van der Waals surface area contributed by atoms with Crippen molar-refractivity contribution in [3.05, 3.63) is 29.3 Å². The molecule has 4 nitrogen and oxygen atoms in total. The lowest BCUT2D eigenvalue weighted by Gasteiger charge is -2.22. The fraction of sp³-hybridized carbons (Fsp3) is 0.500. The zero-order valence-electron chi connectivity index (χ0n) is 11.2. The van der Waals surface area contributed by atoms with Crippen molar-refractivity contribution in [1.82, 2.24) is 0 Å². The third-order valence-electron chi connectivity index (χ3n) is 3.24. The molecule has 116 valence electrons. The topological polar surface area (TPSA) is 55.8 Å². The summed E-state index contributed by atoms with van der Waals surface area (Å²) in [7, 11) is 0. The highest BCUT2D eigenvalue weighted by molar-refractivity contribution is 5.90. The summed E-state index contributed by atoms with van der Waals surface area (Å²) < 4.78 is 48.9. The van der Waals surface area contributed by atoms with Crippen LogP contribution in [0, 0.1) is 0 Å². The standard InChI is InChI=1S/C14H15F3O4/c15-14(16,17)12-5-4-9(7-11(12)13(18)19)21-8-10-3-1-2-6-20-10/h4-5,7,10H,1-3,6,8H2,(H,18,19). The van der Waals surface area contributed by atoms with E-state index < -0.39 is 23.3 Å². The predicted molar refractivity (Wildman–Crippen MR) is 67.5 cm³/mol. The fourth-order valence-electron chi connectivity index (χ4n) is 2.17. The van der Waals surface area contributed by atoms with Gasteiger partial charge in [-0.15, -0.1) is 0 Å². The van der Waals surface area contributed by atoms with E-state index >= 15 is 0 Å². The number of benzene rings is 1. The highest BCUT2D eigenvalue weighted by Crippen LogP contribution is 2.34. The summed E-state index contributed by atoms with van der Waals surface area (Å²) in [5.41, 5.74) is -2.00. The lowest BCUT2D eigenvalue weighted by Crippen LogP contribution is -2.25. The minimum atomic E-state index is -4.71. The van der Waals surface area contributed by atoms with E-state index in [1.165, 1.54) is 0 Å². The van der Waals surface area contributed by atoms with Crippen LogP contribution < -0.4 is 4.74 Å². The molecule has 1 N–H and O–H groups in total. The van der Waals surface area contributed by atoms with Crippen LogP contribution in [0.1, 0.15) is 35.2 Å². The third kappa shape index (κ3) is 4.10. The Morgan fingerprint density at radius 2 is 2.14 bits per heavy atom. The Labute approximate surface area is 119 Å². The normalized spacial score (nSPS) is 19.3. The smallest absolute Gasteiger partial charge is 0.417 e. The molecule has 1 fully saturated rings. The Balaban J connectivity index is 2.10. The van der Waals surface area contributed by atoms with Crippen LogP contribution in [0.5, 0.6) is 5.75 Å². The van der Waals surface area contributed by atoms with Crippen molar-refractivity contribution in [3.8, 4) is 5.75 Å². The van der Waals surface area contributed by atoms with Gasteiger partial charge in [0.1, 0.15) is 12.4 Å². The highest BCUT2D eigenvalue weighted by atomic mass is 19.4. The molecule has 21 heavy (non-hydrogen) atoms. The van der Waals surface area contributed by atoms with Crippen LogP contribution in [0.15, 0.2) is 18.2 Å². The van der Waals surface area contributed by atoms with Gasteiger partial charge in [-0.1, -0.05) is 0 Å². The SMILES string of the molecule is O=C(O)c1cc(OCC2CCCCO2)ccc1C(F)(F)F. The van der Waals surface area contributed by atoms with Gasteiger partial charge < -0.3 is 14.6 Å². The van der Waals surface area contributed by atoms with Gasteiger partial charge in [0, 0.05) is 6.61 Å². The zero-order valence-corrected chi connectivity index (χ0v) is 11.2. The number of hydrogen-bond donors (Lipinski definition) is 1. The molecule has 0 spiro atoms. The predicted octanol–water partition coefficient (Wildman–Crippen LogP) is 3.35. The average molecular weight is 304 g/mol. The minimum absolute atomic E-state index is 0.0922. The maximum Gasteiger partial charge on any atom is 0.417 e. The molecule has 0 aromatic heterocycles. The number of halogens is 3. The molecule has 1 aliphatic heterocycles. The van der Waals surface area contributed by atoms with Gasteiger partial charge >= 0.3 is 12.1 Å². The molecule has 1 aromatic carbocycles. The summed E-state index contributed by atoms with van der Waals surface area (Å²) in [6.45, 7) is 0.839. The van der Waals surface area contributed by atoms with Gasteiger partial charge in [0.05, 0.1) is 17.2 Å². The largest absolute Gasteiger partial charge is 0.491 e. The first-order valence-electron chi connectivity index (χ1n) is 6.57. The van der Waals surface area contributed by atoms with E-state index in [1.54, 1.807) is 0 Å². The van der Waals surface area contributed by atoms with Crippen LogP contribution in [0.4, 0.5) is 13.2 Å². The number of carbonyl (C=O) groups is 1. The molecule has 1 aliphatic rings. The summed E-state index contributed by atoms with van der Waals surface area (Å²) in [5.74, 6) is -1.55. The van der Waals surface area contributed by atoms with Gasteiger partial charge in [-0.05, 0) is 37.5 Å². The van der Waals surface area contributed by atoms with Crippen LogP contribution in [0.3, 0.4) is 0 Å². The Kier molecular flexibility index (Phi) is 4.72. The second-order valence-corrected chi connectivity index (χ2v) is 4.81. The van der Waals surface area contributed by atoms with E-state index in [9.17, 15) is 18.0 Å². The van der Waals surface area contributed by atoms with Crippen molar-refractivity contribution >= 4 is 5.97 Å². The minimum Gasteiger partial charge on any atom is -0.491 e. The number of rotatable bonds is 4. The summed E-state index contributed by atoms with van der Waals surface area (Å²) in [6, 6.07) is 2.74. The van der Waals surface area contributed by atoms with E-state index in [1.807, 2.05) is 0 Å². The fourth-order valence-corrected chi connectivity index (χ4v) is 2.17. The van der Waals surface area contributed by atoms with Gasteiger partial charge in [-0.25, -0.2) is 4.79 Å². The van der Waals surface area contributed by atoms with Crippen molar-refractivity contribution in [2.75, 3.05) is 13.2 Å².